The summed E-state index contributed by atoms with van der Waals surface area (Å²) in [4.78, 5) is 11.5. The van der Waals surface area contributed by atoms with Crippen LogP contribution in [-0.4, -0.2) is 21.5 Å². The molecule has 0 saturated carbocycles. The van der Waals surface area contributed by atoms with Gasteiger partial charge in [-0.2, -0.15) is 0 Å². The van der Waals surface area contributed by atoms with Gasteiger partial charge in [-0.3, -0.25) is 0 Å². The average molecular weight is 219 g/mol. The zero-order valence-corrected chi connectivity index (χ0v) is 9.62. The minimum atomic E-state index is 0. The first kappa shape index (κ1) is 12.2. The van der Waals surface area contributed by atoms with Crippen molar-refractivity contribution in [2.75, 3.05) is 11.9 Å². The molecule has 16 heavy (non-hydrogen) atoms. The highest BCUT2D eigenvalue weighted by molar-refractivity contribution is 5.85. The number of pyridine rings is 1. The Bertz CT molecular complexity index is 482. The largest absolute Gasteiger partial charge is 0.365 e. The van der Waals surface area contributed by atoms with E-state index in [1.807, 2.05) is 6.07 Å². The number of allylic oxidation sites excluding steroid dienone is 1. The van der Waals surface area contributed by atoms with E-state index in [1.165, 1.54) is 5.57 Å². The molecule has 2 aromatic heterocycles. The smallest absolute Gasteiger partial charge is 0.154 e. The molecule has 0 amide bonds. The van der Waals surface area contributed by atoms with Gasteiger partial charge in [0.15, 0.2) is 5.82 Å². The van der Waals surface area contributed by atoms with Gasteiger partial charge in [-0.05, 0) is 19.9 Å². The monoisotopic (exact) mass is 219 g/mol. The predicted octanol–water partition coefficient (Wildman–Crippen LogP) is 2.50. The second-order valence-electron chi connectivity index (χ2n) is 3.62. The fraction of sp³-hybridized carbons (Fsp3) is 0.273. The van der Waals surface area contributed by atoms with E-state index < -0.39 is 0 Å². The summed E-state index contributed by atoms with van der Waals surface area (Å²) in [5, 5.41) is 3.24. The standard InChI is InChI=1S/C11H14N4.H3N/c1-8(2)3-5-12-11-10-9(4-6-13-11)14-7-15-10;/h3-4,6-7H,5H2,1-2H3,(H,12,13)(H,14,15);1H3. The summed E-state index contributed by atoms with van der Waals surface area (Å²) in [6.07, 6.45) is 5.57. The first-order chi connectivity index (χ1) is 7.27. The van der Waals surface area contributed by atoms with Gasteiger partial charge in [-0.1, -0.05) is 11.6 Å². The predicted molar refractivity (Wildman–Crippen MR) is 66.8 cm³/mol. The van der Waals surface area contributed by atoms with Crippen molar-refractivity contribution in [3.8, 4) is 0 Å². The van der Waals surface area contributed by atoms with Gasteiger partial charge in [0.05, 0.1) is 11.8 Å². The third kappa shape index (κ3) is 2.58. The summed E-state index contributed by atoms with van der Waals surface area (Å²) in [6, 6.07) is 1.91. The van der Waals surface area contributed by atoms with Crippen LogP contribution in [0.3, 0.4) is 0 Å². The number of nitrogens with one attached hydrogen (secondary N) is 2. The first-order valence-electron chi connectivity index (χ1n) is 4.92. The lowest BCUT2D eigenvalue weighted by atomic mass is 10.3. The summed E-state index contributed by atoms with van der Waals surface area (Å²) in [7, 11) is 0. The van der Waals surface area contributed by atoms with Crippen LogP contribution in [-0.2, 0) is 0 Å². The van der Waals surface area contributed by atoms with Crippen LogP contribution in [0.5, 0.6) is 0 Å². The normalized spacial score (nSPS) is 9.62. The minimum Gasteiger partial charge on any atom is -0.365 e. The second kappa shape index (κ2) is 5.27. The molecule has 0 aliphatic carbocycles. The van der Waals surface area contributed by atoms with Crippen molar-refractivity contribution < 1.29 is 0 Å². The molecule has 0 spiro atoms. The third-order valence-electron chi connectivity index (χ3n) is 2.12. The number of fused-ring (bicyclic) bond motifs is 1. The fourth-order valence-corrected chi connectivity index (χ4v) is 1.35. The minimum absolute atomic E-state index is 0. The molecular formula is C11H17N5. The number of nitrogens with zero attached hydrogens (tertiary/aromatic N) is 2. The van der Waals surface area contributed by atoms with Gasteiger partial charge in [0.1, 0.15) is 5.52 Å². The second-order valence-corrected chi connectivity index (χ2v) is 3.62. The van der Waals surface area contributed by atoms with Crippen molar-refractivity contribution in [3.63, 3.8) is 0 Å². The number of H-pyrrole nitrogens is 1. The van der Waals surface area contributed by atoms with Gasteiger partial charge in [-0.15, -0.1) is 0 Å². The van der Waals surface area contributed by atoms with Crippen molar-refractivity contribution >= 4 is 16.9 Å². The van der Waals surface area contributed by atoms with E-state index in [4.69, 9.17) is 0 Å². The van der Waals surface area contributed by atoms with E-state index in [-0.39, 0.29) is 6.15 Å². The van der Waals surface area contributed by atoms with Crippen LogP contribution >= 0.6 is 0 Å². The lowest BCUT2D eigenvalue weighted by Crippen LogP contribution is -2.01. The van der Waals surface area contributed by atoms with E-state index in [0.29, 0.717) is 0 Å². The molecule has 86 valence electrons. The van der Waals surface area contributed by atoms with Gasteiger partial charge in [0.25, 0.3) is 0 Å². The SMILES string of the molecule is CC(C)=CCNc1nccc2[nH]cnc12.N. The first-order valence-corrected chi connectivity index (χ1v) is 4.92. The van der Waals surface area contributed by atoms with E-state index in [1.54, 1.807) is 12.5 Å². The van der Waals surface area contributed by atoms with E-state index in [2.05, 4.69) is 40.2 Å². The van der Waals surface area contributed by atoms with Crippen LogP contribution in [0, 0.1) is 0 Å². The number of aromatic amines is 1. The molecule has 0 aromatic carbocycles. The summed E-state index contributed by atoms with van der Waals surface area (Å²) in [5.74, 6) is 0.825. The van der Waals surface area contributed by atoms with E-state index >= 15 is 0 Å². The highest BCUT2D eigenvalue weighted by atomic mass is 15.0. The van der Waals surface area contributed by atoms with Gasteiger partial charge in [0, 0.05) is 12.7 Å². The van der Waals surface area contributed by atoms with Crippen molar-refractivity contribution in [2.45, 2.75) is 13.8 Å². The topological polar surface area (TPSA) is 88.6 Å². The van der Waals surface area contributed by atoms with Crippen LogP contribution in [0.25, 0.3) is 11.0 Å². The Labute approximate surface area is 94.6 Å². The number of anilines is 1. The number of aromatic nitrogens is 3. The average Bonchev–Trinajstić information content (AvgIpc) is 2.65. The number of imidazole rings is 1. The van der Waals surface area contributed by atoms with Gasteiger partial charge in [0.2, 0.25) is 0 Å². The Morgan fingerprint density at radius 1 is 1.44 bits per heavy atom. The van der Waals surface area contributed by atoms with Crippen molar-refractivity contribution in [3.05, 3.63) is 30.2 Å². The zero-order chi connectivity index (χ0) is 10.7. The molecule has 0 aliphatic rings. The van der Waals surface area contributed by atoms with Gasteiger partial charge < -0.3 is 16.5 Å². The molecule has 2 aromatic rings. The molecule has 0 bridgehead atoms. The van der Waals surface area contributed by atoms with Crippen molar-refractivity contribution in [1.82, 2.24) is 21.1 Å². The van der Waals surface area contributed by atoms with E-state index in [0.717, 1.165) is 23.4 Å². The maximum Gasteiger partial charge on any atom is 0.154 e. The Morgan fingerprint density at radius 2 is 2.25 bits per heavy atom. The maximum absolute atomic E-state index is 4.25. The Morgan fingerprint density at radius 3 is 3.00 bits per heavy atom. The number of hydrogen-bond donors (Lipinski definition) is 3. The Hall–Kier alpha value is -1.88. The molecular weight excluding hydrogens is 202 g/mol. The Balaban J connectivity index is 0.00000128. The molecule has 0 radical (unpaired) electrons. The van der Waals surface area contributed by atoms with Gasteiger partial charge in [-0.25, -0.2) is 9.97 Å². The molecule has 5 heteroatoms. The maximum atomic E-state index is 4.25. The van der Waals surface area contributed by atoms with Crippen molar-refractivity contribution in [2.24, 2.45) is 0 Å². The summed E-state index contributed by atoms with van der Waals surface area (Å²) in [6.45, 7) is 4.93. The summed E-state index contributed by atoms with van der Waals surface area (Å²) < 4.78 is 0. The molecule has 0 aliphatic heterocycles. The van der Waals surface area contributed by atoms with Crippen LogP contribution in [0.15, 0.2) is 30.2 Å². The molecule has 0 saturated heterocycles. The highest BCUT2D eigenvalue weighted by Gasteiger charge is 2.02. The molecule has 2 rings (SSSR count). The third-order valence-corrected chi connectivity index (χ3v) is 2.12. The molecule has 0 fully saturated rings. The fourth-order valence-electron chi connectivity index (χ4n) is 1.35. The number of rotatable bonds is 3. The molecule has 5 N–H and O–H groups in total. The molecule has 0 atom stereocenters. The lowest BCUT2D eigenvalue weighted by Gasteiger charge is -2.02. The van der Waals surface area contributed by atoms with Crippen LogP contribution in [0.1, 0.15) is 13.8 Å². The van der Waals surface area contributed by atoms with Crippen LogP contribution < -0.4 is 11.5 Å². The van der Waals surface area contributed by atoms with Gasteiger partial charge >= 0.3 is 0 Å². The molecule has 0 unspecified atom stereocenters. The molecule has 2 heterocycles. The molecule has 5 nitrogen and oxygen atoms in total. The van der Waals surface area contributed by atoms with Crippen LogP contribution in [0.4, 0.5) is 5.82 Å². The number of hydrogen-bond acceptors (Lipinski definition) is 4. The Kier molecular flexibility index (Phi) is 4.02. The summed E-state index contributed by atoms with van der Waals surface area (Å²) in [5.41, 5.74) is 3.18. The zero-order valence-electron chi connectivity index (χ0n) is 9.62. The lowest BCUT2D eigenvalue weighted by molar-refractivity contribution is 1.21. The van der Waals surface area contributed by atoms with Crippen LogP contribution in [0.2, 0.25) is 0 Å². The quantitative estimate of drug-likeness (QED) is 0.692. The summed E-state index contributed by atoms with van der Waals surface area (Å²) >= 11 is 0. The van der Waals surface area contributed by atoms with Crippen molar-refractivity contribution in [1.29, 1.82) is 0 Å². The van der Waals surface area contributed by atoms with E-state index in [9.17, 15) is 0 Å². The highest BCUT2D eigenvalue weighted by Crippen LogP contribution is 2.15.